The van der Waals surface area contributed by atoms with Gasteiger partial charge >= 0.3 is 23.9 Å². The molecule has 0 aromatic heterocycles. The minimum Gasteiger partial charge on any atom is -0.481 e. The van der Waals surface area contributed by atoms with Gasteiger partial charge in [-0.2, -0.15) is 11.8 Å². The van der Waals surface area contributed by atoms with Crippen LogP contribution in [-0.2, 0) is 38.4 Å². The van der Waals surface area contributed by atoms with Crippen LogP contribution in [-0.4, -0.2) is 116 Å². The number of carbonyl (C=O) groups excluding carboxylic acids is 6. The van der Waals surface area contributed by atoms with Crippen molar-refractivity contribution in [2.45, 2.75) is 107 Å². The van der Waals surface area contributed by atoms with Crippen molar-refractivity contribution in [3.63, 3.8) is 0 Å². The fraction of sp³-hybridized carbons (Fsp3) is 0.679. The van der Waals surface area contributed by atoms with Gasteiger partial charge in [-0.05, 0) is 25.2 Å². The van der Waals surface area contributed by atoms with E-state index in [9.17, 15) is 48.3 Å². The molecule has 262 valence electrons. The monoisotopic (exact) mass is 686 g/mol. The molecule has 0 spiro atoms. The van der Waals surface area contributed by atoms with Crippen molar-refractivity contribution in [3.05, 3.63) is 0 Å². The highest BCUT2D eigenvalue weighted by Gasteiger charge is 2.42. The minimum absolute atomic E-state index is 0.00615. The third kappa shape index (κ3) is 13.1. The molecule has 2 saturated heterocycles. The van der Waals surface area contributed by atoms with Gasteiger partial charge in [0.15, 0.2) is 0 Å². The number of carboxylic acids is 3. The first-order chi connectivity index (χ1) is 22.1. The molecule has 47 heavy (non-hydrogen) atoms. The molecule has 0 aliphatic carbocycles. The average molecular weight is 687 g/mol. The third-order valence-corrected chi connectivity index (χ3v) is 9.03. The third-order valence-electron chi connectivity index (χ3n) is 7.52. The second-order valence-corrected chi connectivity index (χ2v) is 12.9. The highest BCUT2D eigenvalue weighted by Crippen LogP contribution is 2.33. The zero-order valence-corrected chi connectivity index (χ0v) is 26.8. The Morgan fingerprint density at radius 1 is 0.830 bits per heavy atom. The number of urea groups is 1. The Balaban J connectivity index is 2.02. The first-order valence-corrected chi connectivity index (χ1v) is 16.2. The van der Waals surface area contributed by atoms with Gasteiger partial charge in [0.1, 0.15) is 24.4 Å². The highest BCUT2D eigenvalue weighted by molar-refractivity contribution is 8.00. The predicted molar refractivity (Wildman–Crippen MR) is 164 cm³/mol. The van der Waals surface area contributed by atoms with Crippen molar-refractivity contribution in [2.24, 2.45) is 5.92 Å². The second-order valence-electron chi connectivity index (χ2n) is 11.7. The van der Waals surface area contributed by atoms with E-state index in [1.165, 1.54) is 13.8 Å². The van der Waals surface area contributed by atoms with Crippen LogP contribution in [0.5, 0.6) is 0 Å². The number of thioether (sulfide) groups is 1. The summed E-state index contributed by atoms with van der Waals surface area (Å²) in [5, 5.41) is 42.5. The van der Waals surface area contributed by atoms with Gasteiger partial charge in [0.25, 0.3) is 0 Å². The molecule has 7 atom stereocenters. The summed E-state index contributed by atoms with van der Waals surface area (Å²) in [4.78, 5) is 108. The molecule has 18 nitrogen and oxygen atoms in total. The van der Waals surface area contributed by atoms with Crippen LogP contribution < -0.4 is 31.9 Å². The maximum Gasteiger partial charge on any atom is 0.315 e. The van der Waals surface area contributed by atoms with E-state index < -0.39 is 97.3 Å². The Hall–Kier alpha value is -4.42. The zero-order valence-electron chi connectivity index (χ0n) is 26.0. The van der Waals surface area contributed by atoms with Gasteiger partial charge in [0.05, 0.1) is 31.0 Å². The lowest BCUT2D eigenvalue weighted by atomic mass is 10.0. The van der Waals surface area contributed by atoms with Crippen LogP contribution >= 0.6 is 11.8 Å². The molecular formula is C28H42N6O12S. The number of rotatable bonds is 21. The average Bonchev–Trinajstić information content (AvgIpc) is 3.53. The molecule has 6 amide bonds. The fourth-order valence-corrected chi connectivity index (χ4v) is 6.66. The van der Waals surface area contributed by atoms with Crippen LogP contribution in [0.2, 0.25) is 0 Å². The molecule has 2 aliphatic heterocycles. The van der Waals surface area contributed by atoms with Gasteiger partial charge in [-0.1, -0.05) is 20.3 Å². The lowest BCUT2D eigenvalue weighted by molar-refractivity contribution is -0.141. The van der Waals surface area contributed by atoms with Crippen molar-refractivity contribution >= 4 is 65.6 Å². The molecule has 19 heteroatoms. The number of aldehydes is 1. The Morgan fingerprint density at radius 2 is 1.49 bits per heavy atom. The van der Waals surface area contributed by atoms with Crippen molar-refractivity contribution in [3.8, 4) is 0 Å². The number of hydrogen-bond acceptors (Lipinski definition) is 10. The first-order valence-electron chi connectivity index (χ1n) is 15.1. The Bertz CT molecular complexity index is 1220. The van der Waals surface area contributed by atoms with E-state index in [0.717, 1.165) is 12.2 Å². The summed E-state index contributed by atoms with van der Waals surface area (Å²) < 4.78 is 0. The summed E-state index contributed by atoms with van der Waals surface area (Å²) >= 11 is 1.72. The van der Waals surface area contributed by atoms with Crippen LogP contribution in [0.4, 0.5) is 4.79 Å². The van der Waals surface area contributed by atoms with Crippen molar-refractivity contribution < 1.29 is 58.5 Å². The standard InChI is InChI=1S/C28H42N6O12S/c1-13(2)23(27(45)29-14(11-35)9-21(39)40)33-25(43)15(7-8-20(37)38)31-26(44)16(10-22(41)42)30-19(36)6-4-3-5-18-24-17(12-47-18)32-28(46)34-24/h11,13-18,23-24H,3-10,12H2,1-2H3,(H,29,45)(H,30,36)(H,31,44)(H,33,43)(H,37,38)(H,39,40)(H,41,42)(H2,32,34,46)/t14-,15-,16-,17-,18-,23-,24-/m1/s1. The SMILES string of the molecule is CC(C)[C@@H](NC(=O)[C@@H](CCC(=O)O)NC(=O)[C@@H](CC(=O)O)NC(=O)CCCC[C@H]1SC[C@H]2NC(=O)N[C@H]21)C(=O)N[C@@H](C=O)CC(=O)O. The number of carboxylic acid groups (broad SMARTS) is 3. The van der Waals surface area contributed by atoms with E-state index in [0.29, 0.717) is 12.8 Å². The molecule has 9 N–H and O–H groups in total. The molecular weight excluding hydrogens is 644 g/mol. The van der Waals surface area contributed by atoms with Crippen LogP contribution in [0, 0.1) is 5.92 Å². The second kappa shape index (κ2) is 18.7. The molecule has 2 fully saturated rings. The van der Waals surface area contributed by atoms with Gasteiger partial charge in [0.2, 0.25) is 23.6 Å². The number of aliphatic carboxylic acids is 3. The van der Waals surface area contributed by atoms with Crippen molar-refractivity contribution in [2.75, 3.05) is 5.75 Å². The van der Waals surface area contributed by atoms with E-state index in [1.807, 2.05) is 0 Å². The molecule has 2 heterocycles. The molecule has 2 rings (SSSR count). The van der Waals surface area contributed by atoms with Crippen LogP contribution in [0.15, 0.2) is 0 Å². The first kappa shape index (κ1) is 38.8. The topological polar surface area (TPSA) is 286 Å². The molecule has 0 saturated carbocycles. The number of hydrogen-bond donors (Lipinski definition) is 9. The van der Waals surface area contributed by atoms with E-state index in [4.69, 9.17) is 10.2 Å². The molecule has 0 unspecified atom stereocenters. The molecule has 0 aromatic rings. The van der Waals surface area contributed by atoms with Crippen molar-refractivity contribution in [1.82, 2.24) is 31.9 Å². The lowest BCUT2D eigenvalue weighted by Crippen LogP contribution is -2.58. The van der Waals surface area contributed by atoms with Gasteiger partial charge in [-0.15, -0.1) is 0 Å². The van der Waals surface area contributed by atoms with E-state index >= 15 is 0 Å². The summed E-state index contributed by atoms with van der Waals surface area (Å²) in [6, 6.07) is -6.04. The number of unbranched alkanes of at least 4 members (excludes halogenated alkanes) is 1. The number of fused-ring (bicyclic) bond motifs is 1. The zero-order chi connectivity index (χ0) is 35.3. The van der Waals surface area contributed by atoms with Crippen LogP contribution in [0.1, 0.15) is 65.2 Å². The van der Waals surface area contributed by atoms with E-state index in [1.54, 1.807) is 11.8 Å². The smallest absolute Gasteiger partial charge is 0.315 e. The summed E-state index contributed by atoms with van der Waals surface area (Å²) in [6.07, 6.45) is -0.640. The lowest BCUT2D eigenvalue weighted by Gasteiger charge is -2.27. The Labute approximate surface area is 274 Å². The largest absolute Gasteiger partial charge is 0.481 e. The maximum atomic E-state index is 13.2. The van der Waals surface area contributed by atoms with Gasteiger partial charge < -0.3 is 52.0 Å². The Kier molecular flexibility index (Phi) is 15.4. The number of nitrogens with one attached hydrogen (secondary N) is 6. The van der Waals surface area contributed by atoms with Crippen molar-refractivity contribution in [1.29, 1.82) is 0 Å². The molecule has 0 aromatic carbocycles. The quantitative estimate of drug-likeness (QED) is 0.0371. The summed E-state index contributed by atoms with van der Waals surface area (Å²) in [7, 11) is 0. The molecule has 0 radical (unpaired) electrons. The highest BCUT2D eigenvalue weighted by atomic mass is 32.2. The van der Waals surface area contributed by atoms with E-state index in [2.05, 4.69) is 31.9 Å². The summed E-state index contributed by atoms with van der Waals surface area (Å²) in [5.74, 6) is -7.52. The number of carbonyl (C=O) groups is 9. The van der Waals surface area contributed by atoms with Crippen LogP contribution in [0.3, 0.4) is 0 Å². The summed E-state index contributed by atoms with van der Waals surface area (Å²) in [6.45, 7) is 3.07. The summed E-state index contributed by atoms with van der Waals surface area (Å²) in [5.41, 5.74) is 0. The molecule has 2 aliphatic rings. The molecule has 0 bridgehead atoms. The van der Waals surface area contributed by atoms with Gasteiger partial charge in [-0.25, -0.2) is 4.79 Å². The van der Waals surface area contributed by atoms with Crippen LogP contribution in [0.25, 0.3) is 0 Å². The van der Waals surface area contributed by atoms with Gasteiger partial charge in [-0.3, -0.25) is 33.6 Å². The fourth-order valence-electron chi connectivity index (χ4n) is 5.12. The minimum atomic E-state index is -1.61. The predicted octanol–water partition coefficient (Wildman–Crippen LogP) is -1.68. The van der Waals surface area contributed by atoms with Gasteiger partial charge in [0, 0.05) is 23.8 Å². The number of amides is 6. The Morgan fingerprint density at radius 3 is 2.09 bits per heavy atom. The normalized spacial score (nSPS) is 20.7. The van der Waals surface area contributed by atoms with E-state index in [-0.39, 0.29) is 36.1 Å². The maximum absolute atomic E-state index is 13.2.